The summed E-state index contributed by atoms with van der Waals surface area (Å²) in [6.45, 7) is 0. The van der Waals surface area contributed by atoms with Gasteiger partial charge in [0.05, 0.1) is 5.56 Å². The molecule has 0 radical (unpaired) electrons. The highest BCUT2D eigenvalue weighted by atomic mass is 35.5. The molecule has 1 rings (SSSR count). The van der Waals surface area contributed by atoms with Gasteiger partial charge in [-0.05, 0) is 12.1 Å². The minimum absolute atomic E-state index is 0.116. The summed E-state index contributed by atoms with van der Waals surface area (Å²) in [4.78, 5) is 0. The molecule has 0 aliphatic heterocycles. The van der Waals surface area contributed by atoms with Gasteiger partial charge >= 0.3 is 0 Å². The van der Waals surface area contributed by atoms with E-state index in [2.05, 4.69) is 0 Å². The Morgan fingerprint density at radius 3 is 2.33 bits per heavy atom. The quantitative estimate of drug-likeness (QED) is 0.732. The Kier molecular flexibility index (Phi) is 2.47. The number of halogens is 4. The molecule has 0 bridgehead atoms. The molecule has 0 aliphatic carbocycles. The van der Waals surface area contributed by atoms with E-state index >= 15 is 0 Å². The second kappa shape index (κ2) is 3.23. The summed E-state index contributed by atoms with van der Waals surface area (Å²) in [5.74, 6) is -2.02. The molecule has 5 heteroatoms. The Morgan fingerprint density at radius 1 is 1.33 bits per heavy atom. The lowest BCUT2D eigenvalue weighted by molar-refractivity contribution is 0.142. The monoisotopic (exact) mass is 196 g/mol. The molecule has 1 N–H and O–H groups in total. The van der Waals surface area contributed by atoms with E-state index in [4.69, 9.17) is 16.7 Å². The van der Waals surface area contributed by atoms with Gasteiger partial charge in [0.2, 0.25) is 0 Å². The van der Waals surface area contributed by atoms with Crippen molar-refractivity contribution in [2.45, 2.75) is 6.43 Å². The summed E-state index contributed by atoms with van der Waals surface area (Å²) >= 11 is 5.28. The Hall–Kier alpha value is -0.900. The molecule has 0 aliphatic rings. The van der Waals surface area contributed by atoms with E-state index in [9.17, 15) is 13.2 Å². The fourth-order valence-corrected chi connectivity index (χ4v) is 0.986. The van der Waals surface area contributed by atoms with Crippen LogP contribution in [0, 0.1) is 5.82 Å². The third-order valence-electron chi connectivity index (χ3n) is 1.29. The van der Waals surface area contributed by atoms with Gasteiger partial charge in [0.25, 0.3) is 6.43 Å². The first-order valence-electron chi connectivity index (χ1n) is 2.98. The van der Waals surface area contributed by atoms with Crippen LogP contribution in [0.25, 0.3) is 0 Å². The predicted molar refractivity (Wildman–Crippen MR) is 38.0 cm³/mol. The van der Waals surface area contributed by atoms with Crippen LogP contribution in [0.2, 0.25) is 5.02 Å². The molecule has 1 aromatic carbocycles. The fraction of sp³-hybridized carbons (Fsp3) is 0.143. The van der Waals surface area contributed by atoms with Crippen molar-refractivity contribution in [2.24, 2.45) is 0 Å². The molecule has 66 valence electrons. The van der Waals surface area contributed by atoms with Crippen molar-refractivity contribution in [3.8, 4) is 5.75 Å². The number of phenols is 1. The van der Waals surface area contributed by atoms with E-state index in [-0.39, 0.29) is 5.02 Å². The lowest BCUT2D eigenvalue weighted by Crippen LogP contribution is -1.91. The largest absolute Gasteiger partial charge is 0.507 e. The van der Waals surface area contributed by atoms with Gasteiger partial charge in [-0.1, -0.05) is 11.6 Å². The Balaban J connectivity index is 3.28. The van der Waals surface area contributed by atoms with E-state index in [1.165, 1.54) is 0 Å². The van der Waals surface area contributed by atoms with Crippen molar-refractivity contribution in [1.29, 1.82) is 0 Å². The van der Waals surface area contributed by atoms with Gasteiger partial charge in [-0.2, -0.15) is 0 Å². The van der Waals surface area contributed by atoms with Gasteiger partial charge in [-0.15, -0.1) is 0 Å². The first-order valence-corrected chi connectivity index (χ1v) is 3.36. The van der Waals surface area contributed by atoms with Gasteiger partial charge < -0.3 is 5.11 Å². The van der Waals surface area contributed by atoms with Crippen LogP contribution < -0.4 is 0 Å². The number of aromatic hydroxyl groups is 1. The normalized spacial score (nSPS) is 10.8. The predicted octanol–water partition coefficient (Wildman–Crippen LogP) is 3.12. The average Bonchev–Trinajstić information content (AvgIpc) is 1.82. The molecule has 0 fully saturated rings. The summed E-state index contributed by atoms with van der Waals surface area (Å²) in [7, 11) is 0. The maximum atomic E-state index is 12.6. The molecule has 12 heavy (non-hydrogen) atoms. The van der Waals surface area contributed by atoms with Crippen LogP contribution >= 0.6 is 11.6 Å². The molecule has 0 amide bonds. The highest BCUT2D eigenvalue weighted by molar-refractivity contribution is 6.30. The Labute approximate surface area is 71.4 Å². The zero-order valence-corrected chi connectivity index (χ0v) is 6.45. The summed E-state index contributed by atoms with van der Waals surface area (Å²) < 4.78 is 36.6. The van der Waals surface area contributed by atoms with Gasteiger partial charge in [0.1, 0.15) is 11.6 Å². The molecule has 1 aromatic rings. The molecule has 0 spiro atoms. The molecule has 0 heterocycles. The number of hydrogen-bond donors (Lipinski definition) is 1. The minimum atomic E-state index is -3.04. The van der Waals surface area contributed by atoms with Crippen molar-refractivity contribution in [3.63, 3.8) is 0 Å². The van der Waals surface area contributed by atoms with Gasteiger partial charge in [-0.25, -0.2) is 13.2 Å². The molecule has 0 unspecified atom stereocenters. The van der Waals surface area contributed by atoms with Crippen molar-refractivity contribution in [2.75, 3.05) is 0 Å². The number of rotatable bonds is 1. The van der Waals surface area contributed by atoms with Crippen LogP contribution in [0.5, 0.6) is 5.75 Å². The van der Waals surface area contributed by atoms with E-state index in [0.29, 0.717) is 0 Å². The molecule has 1 nitrogen and oxygen atoms in total. The topological polar surface area (TPSA) is 20.2 Å². The summed E-state index contributed by atoms with van der Waals surface area (Å²) in [6.07, 6.45) is -3.04. The average molecular weight is 197 g/mol. The number of alkyl halides is 2. The van der Waals surface area contributed by atoms with E-state index in [1.54, 1.807) is 0 Å². The van der Waals surface area contributed by atoms with E-state index < -0.39 is 23.6 Å². The second-order valence-corrected chi connectivity index (χ2v) is 2.56. The van der Waals surface area contributed by atoms with E-state index in [0.717, 1.165) is 12.1 Å². The third kappa shape index (κ3) is 1.64. The first kappa shape index (κ1) is 9.19. The minimum Gasteiger partial charge on any atom is -0.507 e. The third-order valence-corrected chi connectivity index (χ3v) is 1.51. The zero-order valence-electron chi connectivity index (χ0n) is 5.69. The smallest absolute Gasteiger partial charge is 0.270 e. The summed E-state index contributed by atoms with van der Waals surface area (Å²) in [5, 5.41) is 8.72. The fourth-order valence-electron chi connectivity index (χ4n) is 0.787. The molecule has 0 atom stereocenters. The van der Waals surface area contributed by atoms with Crippen LogP contribution in [-0.4, -0.2) is 5.11 Å². The van der Waals surface area contributed by atoms with Gasteiger partial charge in [-0.3, -0.25) is 0 Å². The first-order chi connectivity index (χ1) is 5.52. The maximum absolute atomic E-state index is 12.6. The lowest BCUT2D eigenvalue weighted by Gasteiger charge is -2.04. The highest BCUT2D eigenvalue weighted by Crippen LogP contribution is 2.32. The van der Waals surface area contributed by atoms with E-state index in [1.807, 2.05) is 0 Å². The van der Waals surface area contributed by atoms with Crippen molar-refractivity contribution in [1.82, 2.24) is 0 Å². The second-order valence-electron chi connectivity index (χ2n) is 2.12. The molecular formula is C7H4ClF3O. The van der Waals surface area contributed by atoms with Crippen molar-refractivity contribution >= 4 is 11.6 Å². The SMILES string of the molecule is Oc1cc(Cl)cc(F)c1C(F)F. The number of benzene rings is 1. The Morgan fingerprint density at radius 2 is 1.92 bits per heavy atom. The molecule has 0 aromatic heterocycles. The van der Waals surface area contributed by atoms with Crippen molar-refractivity contribution in [3.05, 3.63) is 28.5 Å². The van der Waals surface area contributed by atoms with Crippen LogP contribution in [0.3, 0.4) is 0 Å². The highest BCUT2D eigenvalue weighted by Gasteiger charge is 2.18. The zero-order chi connectivity index (χ0) is 9.30. The lowest BCUT2D eigenvalue weighted by atomic mass is 10.2. The van der Waals surface area contributed by atoms with Gasteiger partial charge in [0.15, 0.2) is 0 Å². The maximum Gasteiger partial charge on any atom is 0.270 e. The van der Waals surface area contributed by atoms with Crippen molar-refractivity contribution < 1.29 is 18.3 Å². The van der Waals surface area contributed by atoms with Crippen LogP contribution in [0.4, 0.5) is 13.2 Å². The summed E-state index contributed by atoms with van der Waals surface area (Å²) in [5.41, 5.74) is -1.01. The van der Waals surface area contributed by atoms with Crippen LogP contribution in [-0.2, 0) is 0 Å². The molecule has 0 saturated carbocycles. The van der Waals surface area contributed by atoms with Crippen LogP contribution in [0.15, 0.2) is 12.1 Å². The number of phenolic OH excluding ortho intramolecular Hbond substituents is 1. The molecular weight excluding hydrogens is 193 g/mol. The number of hydrogen-bond acceptors (Lipinski definition) is 1. The standard InChI is InChI=1S/C7H4ClF3O/c8-3-1-4(9)6(7(10)11)5(12)2-3/h1-2,7,12H. The van der Waals surface area contributed by atoms with Crippen LogP contribution in [0.1, 0.15) is 12.0 Å². The summed E-state index contributed by atoms with van der Waals surface area (Å²) in [6, 6.07) is 1.59. The molecule has 0 saturated heterocycles. The van der Waals surface area contributed by atoms with Gasteiger partial charge in [0, 0.05) is 5.02 Å². The Bertz CT molecular complexity index is 278.